The van der Waals surface area contributed by atoms with E-state index in [1.54, 1.807) is 18.0 Å². The number of carbonyl (C=O) groups is 1. The molecule has 178 valence electrons. The summed E-state index contributed by atoms with van der Waals surface area (Å²) in [6.45, 7) is -0.333. The number of anilines is 1. The van der Waals surface area contributed by atoms with Crippen LogP contribution in [0.15, 0.2) is 56.9 Å². The molecule has 4 unspecified atom stereocenters. The predicted molar refractivity (Wildman–Crippen MR) is 123 cm³/mol. The second-order valence-electron chi connectivity index (χ2n) is 9.20. The van der Waals surface area contributed by atoms with Crippen molar-refractivity contribution in [2.75, 3.05) is 5.32 Å². The smallest absolute Gasteiger partial charge is 0.418 e. The van der Waals surface area contributed by atoms with Crippen molar-refractivity contribution in [3.05, 3.63) is 68.5 Å². The van der Waals surface area contributed by atoms with Crippen LogP contribution in [0.3, 0.4) is 0 Å². The molecule has 34 heavy (non-hydrogen) atoms. The fourth-order valence-corrected chi connectivity index (χ4v) is 9.18. The Kier molecular flexibility index (Phi) is 5.22. The molecule has 2 aromatic heterocycles. The van der Waals surface area contributed by atoms with E-state index in [1.165, 1.54) is 42.0 Å². The molecule has 2 bridgehead atoms. The third-order valence-corrected chi connectivity index (χ3v) is 10.2. The molecule has 1 amide bonds. The lowest BCUT2D eigenvalue weighted by Gasteiger charge is -2.39. The molecule has 3 heterocycles. The minimum absolute atomic E-state index is 0.0282. The van der Waals surface area contributed by atoms with Gasteiger partial charge in [-0.2, -0.15) is 13.2 Å². The standard InChI is InChI=1S/C24H21F3N2O3S2/c25-24(26,27)14-4-1-2-5-15(14)28-17(30)11-29-22-21(34-23(29)31)19(16-6-3-9-32-16)18-12-7-8-13(10-12)20(18)33-22/h1-6,9,12-13,18-20H,7-8,10-11H2,(H,28,30)/t12?,13?,18?,19-,20?/m1/s1. The van der Waals surface area contributed by atoms with Crippen molar-refractivity contribution in [3.8, 4) is 0 Å². The minimum Gasteiger partial charge on any atom is -0.469 e. The van der Waals surface area contributed by atoms with E-state index in [4.69, 9.17) is 4.42 Å². The van der Waals surface area contributed by atoms with Gasteiger partial charge in [0.25, 0.3) is 0 Å². The van der Waals surface area contributed by atoms with Gasteiger partial charge in [0.05, 0.1) is 33.3 Å². The summed E-state index contributed by atoms with van der Waals surface area (Å²) in [6, 6.07) is 8.65. The number of rotatable bonds is 4. The van der Waals surface area contributed by atoms with Gasteiger partial charge in [-0.15, -0.1) is 11.8 Å². The molecule has 0 radical (unpaired) electrons. The number of halogens is 3. The van der Waals surface area contributed by atoms with E-state index in [-0.39, 0.29) is 23.0 Å². The lowest BCUT2D eigenvalue weighted by molar-refractivity contribution is -0.137. The molecule has 10 heteroatoms. The maximum Gasteiger partial charge on any atom is 0.418 e. The summed E-state index contributed by atoms with van der Waals surface area (Å²) in [7, 11) is 0. The molecule has 3 aromatic rings. The molecule has 6 rings (SSSR count). The highest BCUT2D eigenvalue weighted by molar-refractivity contribution is 8.00. The van der Waals surface area contributed by atoms with Gasteiger partial charge in [0, 0.05) is 5.25 Å². The fourth-order valence-electron chi connectivity index (χ4n) is 6.05. The molecule has 5 nitrogen and oxygen atoms in total. The number of furan rings is 1. The second kappa shape index (κ2) is 8.05. The number of para-hydroxylation sites is 1. The van der Waals surface area contributed by atoms with Gasteiger partial charge in [-0.3, -0.25) is 14.2 Å². The van der Waals surface area contributed by atoms with Crippen molar-refractivity contribution in [1.29, 1.82) is 0 Å². The zero-order chi connectivity index (χ0) is 23.6. The predicted octanol–water partition coefficient (Wildman–Crippen LogP) is 5.81. The van der Waals surface area contributed by atoms with E-state index in [1.807, 2.05) is 12.1 Å². The Hall–Kier alpha value is -2.46. The first kappa shape index (κ1) is 22.0. The quantitative estimate of drug-likeness (QED) is 0.485. The highest BCUT2D eigenvalue weighted by Gasteiger charge is 2.56. The minimum atomic E-state index is -4.59. The molecular weight excluding hydrogens is 485 g/mol. The molecule has 0 saturated heterocycles. The van der Waals surface area contributed by atoms with Gasteiger partial charge in [-0.1, -0.05) is 23.5 Å². The van der Waals surface area contributed by atoms with Crippen molar-refractivity contribution in [1.82, 2.24) is 4.57 Å². The van der Waals surface area contributed by atoms with Gasteiger partial charge in [-0.05, 0) is 61.3 Å². The number of thioether (sulfide) groups is 1. The maximum atomic E-state index is 13.3. The number of thiazole rings is 1. The van der Waals surface area contributed by atoms with Crippen LogP contribution in [0.4, 0.5) is 18.9 Å². The summed E-state index contributed by atoms with van der Waals surface area (Å²) in [5.41, 5.74) is -1.23. The number of amides is 1. The number of hydrogen-bond acceptors (Lipinski definition) is 5. The third-order valence-electron chi connectivity index (χ3n) is 7.35. The Morgan fingerprint density at radius 2 is 1.94 bits per heavy atom. The van der Waals surface area contributed by atoms with Crippen LogP contribution in [0.2, 0.25) is 0 Å². The zero-order valence-electron chi connectivity index (χ0n) is 17.9. The molecule has 2 saturated carbocycles. The summed E-state index contributed by atoms with van der Waals surface area (Å²) in [5, 5.41) is 3.46. The number of nitrogens with zero attached hydrogens (tertiary/aromatic N) is 1. The molecule has 2 fully saturated rings. The van der Waals surface area contributed by atoms with E-state index in [0.717, 1.165) is 33.1 Å². The number of nitrogens with one attached hydrogen (secondary N) is 1. The van der Waals surface area contributed by atoms with Crippen LogP contribution in [0, 0.1) is 17.8 Å². The van der Waals surface area contributed by atoms with Crippen molar-refractivity contribution >= 4 is 34.7 Å². The molecule has 1 aromatic carbocycles. The van der Waals surface area contributed by atoms with Crippen molar-refractivity contribution < 1.29 is 22.4 Å². The Morgan fingerprint density at radius 3 is 2.71 bits per heavy atom. The fraction of sp³-hybridized carbons (Fsp3) is 0.417. The first-order chi connectivity index (χ1) is 16.3. The molecule has 1 aliphatic heterocycles. The first-order valence-electron chi connectivity index (χ1n) is 11.2. The van der Waals surface area contributed by atoms with Crippen LogP contribution in [-0.2, 0) is 17.5 Å². The Bertz CT molecular complexity index is 1300. The summed E-state index contributed by atoms with van der Waals surface area (Å²) in [6.07, 6.45) is 0.584. The summed E-state index contributed by atoms with van der Waals surface area (Å²) in [5.74, 6) is 1.70. The van der Waals surface area contributed by atoms with Crippen LogP contribution in [-0.4, -0.2) is 15.7 Å². The Labute approximate surface area is 201 Å². The van der Waals surface area contributed by atoms with Gasteiger partial charge < -0.3 is 9.73 Å². The number of benzene rings is 1. The van der Waals surface area contributed by atoms with Gasteiger partial charge in [-0.25, -0.2) is 0 Å². The van der Waals surface area contributed by atoms with Crippen LogP contribution in [0.25, 0.3) is 0 Å². The SMILES string of the molecule is O=C(Cn1c2c(sc1=O)[C@H](c1ccco1)C1C3CCC(C3)C1S2)Nc1ccccc1C(F)(F)F. The Morgan fingerprint density at radius 1 is 1.15 bits per heavy atom. The highest BCUT2D eigenvalue weighted by Crippen LogP contribution is 2.64. The number of alkyl halides is 3. The summed E-state index contributed by atoms with van der Waals surface area (Å²) in [4.78, 5) is 26.4. The molecule has 1 N–H and O–H groups in total. The van der Waals surface area contributed by atoms with Gasteiger partial charge in [0.2, 0.25) is 5.91 Å². The van der Waals surface area contributed by atoms with Gasteiger partial charge in [0.15, 0.2) is 0 Å². The Balaban J connectivity index is 1.33. The monoisotopic (exact) mass is 506 g/mol. The largest absolute Gasteiger partial charge is 0.469 e. The zero-order valence-corrected chi connectivity index (χ0v) is 19.5. The lowest BCUT2D eigenvalue weighted by atomic mass is 9.77. The van der Waals surface area contributed by atoms with E-state index in [0.29, 0.717) is 23.0 Å². The average molecular weight is 507 g/mol. The topological polar surface area (TPSA) is 64.2 Å². The average Bonchev–Trinajstić information content (AvgIpc) is 3.58. The molecular formula is C24H21F3N2O3S2. The van der Waals surface area contributed by atoms with Crippen molar-refractivity contribution in [3.63, 3.8) is 0 Å². The van der Waals surface area contributed by atoms with Crippen molar-refractivity contribution in [2.45, 2.75) is 48.2 Å². The van der Waals surface area contributed by atoms with Crippen LogP contribution >= 0.6 is 23.1 Å². The summed E-state index contributed by atoms with van der Waals surface area (Å²) >= 11 is 2.79. The first-order valence-corrected chi connectivity index (χ1v) is 12.9. The van der Waals surface area contributed by atoms with Gasteiger partial charge in [0.1, 0.15) is 12.3 Å². The lowest BCUT2D eigenvalue weighted by Crippen LogP contribution is -2.34. The molecule has 0 spiro atoms. The van der Waals surface area contributed by atoms with E-state index in [2.05, 4.69) is 5.32 Å². The van der Waals surface area contributed by atoms with Gasteiger partial charge >= 0.3 is 11.0 Å². The highest BCUT2D eigenvalue weighted by atomic mass is 32.2. The van der Waals surface area contributed by atoms with Crippen LogP contribution in [0.5, 0.6) is 0 Å². The molecule has 5 atom stereocenters. The van der Waals surface area contributed by atoms with Crippen LogP contribution in [0.1, 0.15) is 41.4 Å². The molecule has 2 aliphatic carbocycles. The summed E-state index contributed by atoms with van der Waals surface area (Å²) < 4.78 is 47.2. The number of hydrogen-bond donors (Lipinski definition) is 1. The second-order valence-corrected chi connectivity index (χ2v) is 11.4. The maximum absolute atomic E-state index is 13.3. The number of aromatic nitrogens is 1. The third kappa shape index (κ3) is 3.53. The van der Waals surface area contributed by atoms with E-state index in [9.17, 15) is 22.8 Å². The number of fused-ring (bicyclic) bond motifs is 6. The normalized spacial score (nSPS) is 27.4. The van der Waals surface area contributed by atoms with Crippen molar-refractivity contribution in [2.24, 2.45) is 17.8 Å². The van der Waals surface area contributed by atoms with E-state index < -0.39 is 17.6 Å². The van der Waals surface area contributed by atoms with Crippen LogP contribution < -0.4 is 10.2 Å². The molecule has 3 aliphatic rings. The number of carbonyl (C=O) groups excluding carboxylic acids is 1. The van der Waals surface area contributed by atoms with E-state index >= 15 is 0 Å².